The topological polar surface area (TPSA) is 56.8 Å². The Morgan fingerprint density at radius 1 is 1.14 bits per heavy atom. The van der Waals surface area contributed by atoms with Gasteiger partial charge >= 0.3 is 6.03 Å². The van der Waals surface area contributed by atoms with Crippen molar-refractivity contribution in [2.45, 2.75) is 31.3 Å². The second-order valence-electron chi connectivity index (χ2n) is 5.92. The van der Waals surface area contributed by atoms with Crippen LogP contribution in [0.15, 0.2) is 24.4 Å². The van der Waals surface area contributed by atoms with Gasteiger partial charge < -0.3 is 9.80 Å². The molecule has 0 aliphatic carbocycles. The predicted octanol–water partition coefficient (Wildman–Crippen LogP) is 1.09. The zero-order valence-electron chi connectivity index (χ0n) is 11.8. The maximum Gasteiger partial charge on any atom is 0.327 e. The Hall–Kier alpha value is -2.11. The van der Waals surface area contributed by atoms with Crippen molar-refractivity contribution in [2.75, 3.05) is 24.5 Å². The highest BCUT2D eigenvalue weighted by Crippen LogP contribution is 2.31. The van der Waals surface area contributed by atoms with Crippen LogP contribution in [0.5, 0.6) is 0 Å². The molecule has 0 spiro atoms. The molecule has 6 nitrogen and oxygen atoms in total. The van der Waals surface area contributed by atoms with Crippen molar-refractivity contribution in [3.8, 4) is 0 Å². The maximum absolute atomic E-state index is 12.5. The number of carbonyl (C=O) groups excluding carboxylic acids is 2. The highest BCUT2D eigenvalue weighted by atomic mass is 16.2. The molecule has 2 atom stereocenters. The van der Waals surface area contributed by atoms with Crippen LogP contribution < -0.4 is 4.90 Å². The van der Waals surface area contributed by atoms with Crippen LogP contribution in [0, 0.1) is 0 Å². The number of nitrogens with zero attached hydrogens (tertiary/aromatic N) is 4. The first-order valence-electron chi connectivity index (χ1n) is 7.55. The van der Waals surface area contributed by atoms with Crippen molar-refractivity contribution >= 4 is 17.8 Å². The summed E-state index contributed by atoms with van der Waals surface area (Å²) in [6.07, 6.45) is 4.36. The number of rotatable bonds is 2. The summed E-state index contributed by atoms with van der Waals surface area (Å²) in [6.45, 7) is 2.25. The Morgan fingerprint density at radius 2 is 2.05 bits per heavy atom. The fourth-order valence-electron chi connectivity index (χ4n) is 3.68. The molecule has 0 N–H and O–H groups in total. The Morgan fingerprint density at radius 3 is 2.81 bits per heavy atom. The van der Waals surface area contributed by atoms with Gasteiger partial charge in [-0.05, 0) is 31.4 Å². The summed E-state index contributed by atoms with van der Waals surface area (Å²) in [7, 11) is 0. The second-order valence-corrected chi connectivity index (χ2v) is 5.92. The third-order valence-electron chi connectivity index (χ3n) is 4.73. The summed E-state index contributed by atoms with van der Waals surface area (Å²) in [6, 6.07) is 5.51. The summed E-state index contributed by atoms with van der Waals surface area (Å²) in [4.78, 5) is 34.6. The molecule has 4 heterocycles. The molecule has 0 radical (unpaired) electrons. The molecular formula is C15H18N4O2. The van der Waals surface area contributed by atoms with Crippen LogP contribution >= 0.6 is 0 Å². The molecule has 21 heavy (non-hydrogen) atoms. The Labute approximate surface area is 123 Å². The van der Waals surface area contributed by atoms with Crippen molar-refractivity contribution in [1.82, 2.24) is 14.8 Å². The van der Waals surface area contributed by atoms with Gasteiger partial charge in [0, 0.05) is 25.8 Å². The summed E-state index contributed by atoms with van der Waals surface area (Å²) in [5, 5.41) is 0. The molecule has 0 aromatic carbocycles. The molecule has 1 unspecified atom stereocenters. The van der Waals surface area contributed by atoms with Gasteiger partial charge in [-0.15, -0.1) is 0 Å². The standard InChI is InChI=1S/C15H18N4O2/c20-14-12-4-3-8-18(12)15(21)19(14)11-6-9-17(10-11)13-5-1-2-7-16-13/h1-2,5,7,11-12H,3-4,6,8-10H2/t11?,12-/m0/s1. The quantitative estimate of drug-likeness (QED) is 0.764. The van der Waals surface area contributed by atoms with E-state index in [2.05, 4.69) is 9.88 Å². The number of urea groups is 1. The predicted molar refractivity (Wildman–Crippen MR) is 76.8 cm³/mol. The molecule has 3 aliphatic rings. The molecule has 4 rings (SSSR count). The molecule has 110 valence electrons. The molecule has 1 aromatic heterocycles. The lowest BCUT2D eigenvalue weighted by Crippen LogP contribution is -2.43. The van der Waals surface area contributed by atoms with Crippen molar-refractivity contribution in [3.05, 3.63) is 24.4 Å². The van der Waals surface area contributed by atoms with Gasteiger partial charge in [0.2, 0.25) is 0 Å². The number of amides is 3. The van der Waals surface area contributed by atoms with E-state index in [0.717, 1.165) is 38.2 Å². The normalized spacial score (nSPS) is 28.7. The Bertz CT molecular complexity index is 554. The van der Waals surface area contributed by atoms with E-state index in [1.54, 1.807) is 11.1 Å². The molecule has 3 saturated heterocycles. The van der Waals surface area contributed by atoms with Gasteiger partial charge in [-0.1, -0.05) is 6.07 Å². The van der Waals surface area contributed by atoms with Crippen LogP contribution in [0.4, 0.5) is 10.6 Å². The van der Waals surface area contributed by atoms with Crippen molar-refractivity contribution in [3.63, 3.8) is 0 Å². The van der Waals surface area contributed by atoms with Crippen molar-refractivity contribution < 1.29 is 9.59 Å². The molecule has 1 aromatic rings. The first-order valence-corrected chi connectivity index (χ1v) is 7.55. The monoisotopic (exact) mass is 286 g/mol. The Kier molecular flexibility index (Phi) is 2.83. The summed E-state index contributed by atoms with van der Waals surface area (Å²) < 4.78 is 0. The first kappa shape index (κ1) is 12.6. The maximum atomic E-state index is 12.5. The van der Waals surface area contributed by atoms with Crippen molar-refractivity contribution in [2.24, 2.45) is 0 Å². The van der Waals surface area contributed by atoms with Crippen LogP contribution in [0.25, 0.3) is 0 Å². The average molecular weight is 286 g/mol. The lowest BCUT2D eigenvalue weighted by atomic mass is 10.2. The van der Waals surface area contributed by atoms with Gasteiger partial charge in [-0.25, -0.2) is 9.78 Å². The fourth-order valence-corrected chi connectivity index (χ4v) is 3.68. The van der Waals surface area contributed by atoms with Crippen LogP contribution in [-0.2, 0) is 4.79 Å². The van der Waals surface area contributed by atoms with E-state index in [1.165, 1.54) is 4.90 Å². The van der Waals surface area contributed by atoms with Gasteiger partial charge in [0.05, 0.1) is 6.04 Å². The molecular weight excluding hydrogens is 268 g/mol. The zero-order valence-corrected chi connectivity index (χ0v) is 11.8. The van der Waals surface area contributed by atoms with Gasteiger partial charge in [0.1, 0.15) is 11.9 Å². The molecule has 3 fully saturated rings. The Balaban J connectivity index is 1.51. The smallest absolute Gasteiger partial charge is 0.327 e. The van der Waals surface area contributed by atoms with E-state index in [-0.39, 0.29) is 24.0 Å². The lowest BCUT2D eigenvalue weighted by molar-refractivity contribution is -0.129. The van der Waals surface area contributed by atoms with E-state index in [4.69, 9.17) is 0 Å². The molecule has 3 aliphatic heterocycles. The average Bonchev–Trinajstić information content (AvgIpc) is 3.20. The largest absolute Gasteiger partial charge is 0.354 e. The van der Waals surface area contributed by atoms with Gasteiger partial charge in [0.15, 0.2) is 0 Å². The van der Waals surface area contributed by atoms with E-state index < -0.39 is 0 Å². The number of hydrogen-bond acceptors (Lipinski definition) is 4. The van der Waals surface area contributed by atoms with Gasteiger partial charge in [-0.2, -0.15) is 0 Å². The summed E-state index contributed by atoms with van der Waals surface area (Å²) in [5.41, 5.74) is 0. The van der Waals surface area contributed by atoms with Crippen LogP contribution in [0.1, 0.15) is 19.3 Å². The number of pyridine rings is 1. The molecule has 0 bridgehead atoms. The highest BCUT2D eigenvalue weighted by molar-refractivity contribution is 6.05. The number of carbonyl (C=O) groups is 2. The lowest BCUT2D eigenvalue weighted by Gasteiger charge is -2.23. The minimum Gasteiger partial charge on any atom is -0.354 e. The number of imide groups is 1. The fraction of sp³-hybridized carbons (Fsp3) is 0.533. The number of anilines is 1. The van der Waals surface area contributed by atoms with E-state index in [0.29, 0.717) is 6.54 Å². The molecule has 3 amide bonds. The summed E-state index contributed by atoms with van der Waals surface area (Å²) in [5.74, 6) is 0.921. The van der Waals surface area contributed by atoms with E-state index in [9.17, 15) is 9.59 Å². The van der Waals surface area contributed by atoms with E-state index >= 15 is 0 Å². The minimum absolute atomic E-state index is 0.00497. The number of fused-ring (bicyclic) bond motifs is 1. The second kappa shape index (κ2) is 4.72. The molecule has 0 saturated carbocycles. The first-order chi connectivity index (χ1) is 10.3. The van der Waals surface area contributed by atoms with E-state index in [1.807, 2.05) is 18.2 Å². The van der Waals surface area contributed by atoms with Crippen molar-refractivity contribution in [1.29, 1.82) is 0 Å². The SMILES string of the molecule is O=C1[C@@H]2CCCN2C(=O)N1C1CCN(c2ccccn2)C1. The van der Waals surface area contributed by atoms with Gasteiger partial charge in [0.25, 0.3) is 5.91 Å². The zero-order chi connectivity index (χ0) is 14.4. The summed E-state index contributed by atoms with van der Waals surface area (Å²) >= 11 is 0. The van der Waals surface area contributed by atoms with Gasteiger partial charge in [-0.3, -0.25) is 9.69 Å². The number of hydrogen-bond donors (Lipinski definition) is 0. The third-order valence-corrected chi connectivity index (χ3v) is 4.73. The van der Waals surface area contributed by atoms with Crippen LogP contribution in [-0.4, -0.2) is 58.4 Å². The highest BCUT2D eigenvalue weighted by Gasteiger charge is 2.50. The third kappa shape index (κ3) is 1.89. The van der Waals surface area contributed by atoms with Crippen LogP contribution in [0.3, 0.4) is 0 Å². The van der Waals surface area contributed by atoms with Crippen LogP contribution in [0.2, 0.25) is 0 Å². The molecule has 6 heteroatoms. The number of aromatic nitrogens is 1. The minimum atomic E-state index is -0.193.